The molecule has 0 heterocycles. The summed E-state index contributed by atoms with van der Waals surface area (Å²) in [4.78, 5) is 0. The maximum Gasteiger partial charge on any atom is 0.0753 e. The summed E-state index contributed by atoms with van der Waals surface area (Å²) in [6.07, 6.45) is 9.28. The summed E-state index contributed by atoms with van der Waals surface area (Å²) in [6, 6.07) is 0. The molecule has 2 radical (unpaired) electrons. The maximum absolute atomic E-state index is 6.51. The van der Waals surface area contributed by atoms with Crippen molar-refractivity contribution in [2.24, 2.45) is 5.41 Å². The highest BCUT2D eigenvalue weighted by molar-refractivity contribution is 6.15. The fourth-order valence-corrected chi connectivity index (χ4v) is 2.29. The van der Waals surface area contributed by atoms with E-state index in [-0.39, 0.29) is 10.7 Å². The predicted octanol–water partition coefficient (Wildman–Crippen LogP) is 4.10. The Balaban J connectivity index is 2.62. The largest absolute Gasteiger partial charge is 0.0753 e. The van der Waals surface area contributed by atoms with Gasteiger partial charge in [-0.25, -0.2) is 0 Å². The van der Waals surface area contributed by atoms with Crippen LogP contribution in [0.2, 0.25) is 5.31 Å². The lowest BCUT2D eigenvalue weighted by molar-refractivity contribution is 0.213. The van der Waals surface area contributed by atoms with Gasteiger partial charge in [-0.05, 0) is 5.41 Å². The molecule has 0 nitrogen and oxygen atoms in total. The van der Waals surface area contributed by atoms with Gasteiger partial charge in [-0.1, -0.05) is 71.0 Å². The summed E-state index contributed by atoms with van der Waals surface area (Å²) in [6.45, 7) is 6.86. The van der Waals surface area contributed by atoms with E-state index in [1.807, 2.05) is 0 Å². The molecule has 1 rings (SSSR count). The lowest BCUT2D eigenvalue weighted by Gasteiger charge is -2.44. The molecule has 0 amide bonds. The fraction of sp³-hybridized carbons (Fsp3) is 1.00. The molecule has 0 aromatic carbocycles. The van der Waals surface area contributed by atoms with E-state index in [9.17, 15) is 0 Å². The van der Waals surface area contributed by atoms with Crippen molar-refractivity contribution in [1.82, 2.24) is 0 Å². The van der Waals surface area contributed by atoms with Crippen LogP contribution in [0.3, 0.4) is 0 Å². The first-order valence-electron chi connectivity index (χ1n) is 5.75. The molecule has 0 unspecified atom stereocenters. The summed E-state index contributed by atoms with van der Waals surface area (Å²) in [5.74, 6) is 0. The van der Waals surface area contributed by atoms with Crippen molar-refractivity contribution in [3.63, 3.8) is 0 Å². The zero-order valence-corrected chi connectivity index (χ0v) is 9.53. The van der Waals surface area contributed by atoms with Crippen LogP contribution in [0.15, 0.2) is 0 Å². The van der Waals surface area contributed by atoms with Crippen molar-refractivity contribution >= 4 is 7.85 Å². The van der Waals surface area contributed by atoms with E-state index in [4.69, 9.17) is 7.85 Å². The fourth-order valence-electron chi connectivity index (χ4n) is 2.29. The van der Waals surface area contributed by atoms with Crippen LogP contribution in [0.5, 0.6) is 0 Å². The molecule has 0 atom stereocenters. The first-order chi connectivity index (χ1) is 5.96. The molecule has 0 aromatic heterocycles. The Morgan fingerprint density at radius 1 is 0.846 bits per heavy atom. The Morgan fingerprint density at radius 2 is 1.23 bits per heavy atom. The van der Waals surface area contributed by atoms with Crippen LogP contribution in [0, 0.1) is 5.41 Å². The van der Waals surface area contributed by atoms with Gasteiger partial charge in [-0.2, -0.15) is 0 Å². The first kappa shape index (κ1) is 11.1. The Kier molecular flexibility index (Phi) is 3.48. The van der Waals surface area contributed by atoms with E-state index < -0.39 is 0 Å². The van der Waals surface area contributed by atoms with E-state index in [1.165, 1.54) is 44.9 Å². The second-order valence-corrected chi connectivity index (χ2v) is 5.67. The van der Waals surface area contributed by atoms with Crippen LogP contribution >= 0.6 is 0 Å². The molecule has 0 N–H and O–H groups in total. The van der Waals surface area contributed by atoms with Gasteiger partial charge in [0.1, 0.15) is 0 Å². The zero-order valence-electron chi connectivity index (χ0n) is 9.53. The van der Waals surface area contributed by atoms with Gasteiger partial charge in [0.2, 0.25) is 0 Å². The molecule has 1 fully saturated rings. The molecule has 1 aliphatic carbocycles. The molecule has 0 aliphatic heterocycles. The van der Waals surface area contributed by atoms with E-state index in [1.54, 1.807) is 0 Å². The summed E-state index contributed by atoms with van der Waals surface area (Å²) in [7, 11) is 6.51. The standard InChI is InChI=1S/C12H23B/c1-11(2,3)12(13)9-7-5-4-6-8-10-12/h4-10H2,1-3H3. The maximum atomic E-state index is 6.51. The normalized spacial score (nSPS) is 24.8. The monoisotopic (exact) mass is 178 g/mol. The second-order valence-electron chi connectivity index (χ2n) is 5.67. The molecular formula is C12H23B. The summed E-state index contributed by atoms with van der Waals surface area (Å²) < 4.78 is 0. The van der Waals surface area contributed by atoms with Crippen LogP contribution in [0.4, 0.5) is 0 Å². The zero-order chi connectivity index (χ0) is 9.95. The third-order valence-corrected chi connectivity index (χ3v) is 3.74. The summed E-state index contributed by atoms with van der Waals surface area (Å²) in [5.41, 5.74) is 0.268. The van der Waals surface area contributed by atoms with Gasteiger partial charge in [-0.3, -0.25) is 0 Å². The summed E-state index contributed by atoms with van der Waals surface area (Å²) in [5, 5.41) is 0.0907. The topological polar surface area (TPSA) is 0 Å². The molecule has 74 valence electrons. The van der Waals surface area contributed by atoms with E-state index >= 15 is 0 Å². The van der Waals surface area contributed by atoms with Crippen molar-refractivity contribution in [3.05, 3.63) is 0 Å². The van der Waals surface area contributed by atoms with Gasteiger partial charge in [-0.15, -0.1) is 0 Å². The number of hydrogen-bond acceptors (Lipinski definition) is 0. The van der Waals surface area contributed by atoms with Gasteiger partial charge in [0.25, 0.3) is 0 Å². The molecule has 0 saturated heterocycles. The molecule has 1 heteroatoms. The molecule has 1 aliphatic rings. The van der Waals surface area contributed by atoms with Gasteiger partial charge >= 0.3 is 0 Å². The smallest absolute Gasteiger partial charge is 0.0613 e. The first-order valence-corrected chi connectivity index (χ1v) is 5.75. The van der Waals surface area contributed by atoms with Crippen molar-refractivity contribution in [3.8, 4) is 0 Å². The molecule has 0 spiro atoms. The van der Waals surface area contributed by atoms with E-state index in [2.05, 4.69) is 20.8 Å². The van der Waals surface area contributed by atoms with Crippen molar-refractivity contribution in [1.29, 1.82) is 0 Å². The molecule has 0 bridgehead atoms. The third kappa shape index (κ3) is 2.75. The highest BCUT2D eigenvalue weighted by Gasteiger charge is 2.35. The molecule has 1 saturated carbocycles. The Labute approximate surface area is 84.9 Å². The SMILES string of the molecule is [B]C1(C(C)(C)C)CCCCCCC1. The lowest BCUT2D eigenvalue weighted by atomic mass is 9.50. The lowest BCUT2D eigenvalue weighted by Crippen LogP contribution is -2.30. The Hall–Kier alpha value is 0.0649. The highest BCUT2D eigenvalue weighted by Crippen LogP contribution is 2.51. The van der Waals surface area contributed by atoms with Crippen molar-refractivity contribution in [2.45, 2.75) is 71.0 Å². The summed E-state index contributed by atoms with van der Waals surface area (Å²) >= 11 is 0. The minimum atomic E-state index is 0.0907. The Morgan fingerprint density at radius 3 is 1.62 bits per heavy atom. The van der Waals surface area contributed by atoms with Gasteiger partial charge in [0, 0.05) is 0 Å². The second kappa shape index (κ2) is 4.06. The van der Waals surface area contributed by atoms with Crippen LogP contribution in [0.1, 0.15) is 65.7 Å². The predicted molar refractivity (Wildman–Crippen MR) is 60.2 cm³/mol. The van der Waals surface area contributed by atoms with Crippen LogP contribution in [-0.4, -0.2) is 7.85 Å². The van der Waals surface area contributed by atoms with Gasteiger partial charge in [0.15, 0.2) is 0 Å². The van der Waals surface area contributed by atoms with Gasteiger partial charge in [0.05, 0.1) is 7.85 Å². The highest BCUT2D eigenvalue weighted by atomic mass is 14.4. The van der Waals surface area contributed by atoms with E-state index in [0.717, 1.165) is 0 Å². The number of hydrogen-bond donors (Lipinski definition) is 0. The average Bonchev–Trinajstić information content (AvgIpc) is 1.94. The Bertz CT molecular complexity index is 147. The van der Waals surface area contributed by atoms with Crippen LogP contribution in [0.25, 0.3) is 0 Å². The van der Waals surface area contributed by atoms with Crippen LogP contribution < -0.4 is 0 Å². The van der Waals surface area contributed by atoms with Crippen molar-refractivity contribution in [2.75, 3.05) is 0 Å². The number of rotatable bonds is 0. The molecule has 13 heavy (non-hydrogen) atoms. The van der Waals surface area contributed by atoms with Gasteiger partial charge < -0.3 is 0 Å². The minimum Gasteiger partial charge on any atom is -0.0613 e. The van der Waals surface area contributed by atoms with E-state index in [0.29, 0.717) is 0 Å². The van der Waals surface area contributed by atoms with Crippen molar-refractivity contribution < 1.29 is 0 Å². The minimum absolute atomic E-state index is 0.0907. The van der Waals surface area contributed by atoms with Crippen LogP contribution in [-0.2, 0) is 0 Å². The quantitative estimate of drug-likeness (QED) is 0.490. The molecule has 0 aromatic rings. The average molecular weight is 178 g/mol. The molecular weight excluding hydrogens is 155 g/mol. The third-order valence-electron chi connectivity index (χ3n) is 3.74.